The lowest BCUT2D eigenvalue weighted by atomic mass is 9.93. The van der Waals surface area contributed by atoms with Gasteiger partial charge in [-0.1, -0.05) is 13.8 Å². The topological polar surface area (TPSA) is 33.2 Å². The van der Waals surface area contributed by atoms with Crippen LogP contribution in [0.5, 0.6) is 5.75 Å². The van der Waals surface area contributed by atoms with Crippen molar-refractivity contribution in [3.05, 3.63) is 23.0 Å². The molecule has 2 rings (SSSR count). The third kappa shape index (κ3) is 3.22. The molecule has 0 aliphatic carbocycles. The molecule has 2 aromatic rings. The predicted molar refractivity (Wildman–Crippen MR) is 86.0 cm³/mol. The fourth-order valence-corrected chi connectivity index (χ4v) is 3.02. The van der Waals surface area contributed by atoms with Crippen LogP contribution in [-0.4, -0.2) is 42.2 Å². The molecule has 0 saturated heterocycles. The SMILES string of the molecule is COc1ccc2[nH]c(=S)n(CC(C)(C)CN(C)C)c2c1. The van der Waals surface area contributed by atoms with Crippen molar-refractivity contribution in [3.63, 3.8) is 0 Å². The number of aromatic amines is 1. The van der Waals surface area contributed by atoms with E-state index in [0.29, 0.717) is 0 Å². The first-order chi connectivity index (χ1) is 9.32. The van der Waals surface area contributed by atoms with Crippen molar-refractivity contribution in [3.8, 4) is 5.75 Å². The van der Waals surface area contributed by atoms with E-state index in [1.807, 2.05) is 18.2 Å². The Hall–Kier alpha value is -1.33. The highest BCUT2D eigenvalue weighted by molar-refractivity contribution is 7.71. The van der Waals surface area contributed by atoms with E-state index in [1.165, 1.54) is 0 Å². The maximum atomic E-state index is 5.47. The Kier molecular flexibility index (Phi) is 4.20. The molecular weight excluding hydrogens is 270 g/mol. The van der Waals surface area contributed by atoms with Gasteiger partial charge in [0.05, 0.1) is 18.1 Å². The van der Waals surface area contributed by atoms with Gasteiger partial charge in [-0.3, -0.25) is 0 Å². The van der Waals surface area contributed by atoms with Gasteiger partial charge >= 0.3 is 0 Å². The molecule has 0 spiro atoms. The molecular formula is C15H23N3OS. The summed E-state index contributed by atoms with van der Waals surface area (Å²) in [5, 5.41) is 0. The maximum Gasteiger partial charge on any atom is 0.178 e. The number of imidazole rings is 1. The molecule has 0 radical (unpaired) electrons. The van der Waals surface area contributed by atoms with Gasteiger partial charge in [0.15, 0.2) is 4.77 Å². The van der Waals surface area contributed by atoms with Crippen LogP contribution in [-0.2, 0) is 6.54 Å². The lowest BCUT2D eigenvalue weighted by Gasteiger charge is -2.28. The molecule has 1 N–H and O–H groups in total. The predicted octanol–water partition coefficient (Wildman–Crippen LogP) is 3.30. The van der Waals surface area contributed by atoms with Crippen LogP contribution < -0.4 is 4.74 Å². The molecule has 20 heavy (non-hydrogen) atoms. The van der Waals surface area contributed by atoms with Crippen molar-refractivity contribution < 1.29 is 4.74 Å². The molecule has 1 heterocycles. The molecule has 0 unspecified atom stereocenters. The molecule has 110 valence electrons. The second-order valence-electron chi connectivity index (χ2n) is 6.30. The second-order valence-corrected chi connectivity index (χ2v) is 6.69. The largest absolute Gasteiger partial charge is 0.497 e. The molecule has 0 saturated carbocycles. The highest BCUT2D eigenvalue weighted by Gasteiger charge is 2.21. The van der Waals surface area contributed by atoms with Crippen LogP contribution in [0.25, 0.3) is 11.0 Å². The van der Waals surface area contributed by atoms with E-state index >= 15 is 0 Å². The second kappa shape index (κ2) is 5.58. The standard InChI is InChI=1S/C15H23N3OS/c1-15(2,9-17(3)4)10-18-13-8-11(19-5)6-7-12(13)16-14(18)20/h6-8H,9-10H2,1-5H3,(H,16,20). The zero-order chi connectivity index (χ0) is 14.9. The number of benzene rings is 1. The number of aromatic nitrogens is 2. The first-order valence-corrected chi connectivity index (χ1v) is 7.14. The minimum absolute atomic E-state index is 0.139. The Morgan fingerprint density at radius 3 is 2.65 bits per heavy atom. The molecule has 1 aromatic carbocycles. The number of hydrogen-bond donors (Lipinski definition) is 1. The van der Waals surface area contributed by atoms with Crippen molar-refractivity contribution in [1.29, 1.82) is 0 Å². The normalized spacial score (nSPS) is 12.3. The van der Waals surface area contributed by atoms with Crippen LogP contribution in [0, 0.1) is 10.2 Å². The van der Waals surface area contributed by atoms with Crippen LogP contribution in [0.2, 0.25) is 0 Å². The zero-order valence-corrected chi connectivity index (χ0v) is 13.7. The summed E-state index contributed by atoms with van der Waals surface area (Å²) in [5.41, 5.74) is 2.29. The van der Waals surface area contributed by atoms with Gasteiger partial charge in [0.25, 0.3) is 0 Å². The summed E-state index contributed by atoms with van der Waals surface area (Å²) in [6.07, 6.45) is 0. The summed E-state index contributed by atoms with van der Waals surface area (Å²) in [6.45, 7) is 6.39. The quantitative estimate of drug-likeness (QED) is 0.859. The summed E-state index contributed by atoms with van der Waals surface area (Å²) in [5.74, 6) is 0.852. The summed E-state index contributed by atoms with van der Waals surface area (Å²) in [7, 11) is 5.88. The number of nitrogens with one attached hydrogen (secondary N) is 1. The van der Waals surface area contributed by atoms with Gasteiger partial charge in [0.2, 0.25) is 0 Å². The van der Waals surface area contributed by atoms with E-state index in [4.69, 9.17) is 17.0 Å². The van der Waals surface area contributed by atoms with Crippen LogP contribution >= 0.6 is 12.2 Å². The Labute approximate surface area is 125 Å². The molecule has 1 aromatic heterocycles. The smallest absolute Gasteiger partial charge is 0.178 e. The van der Waals surface area contributed by atoms with E-state index in [1.54, 1.807) is 7.11 Å². The maximum absolute atomic E-state index is 5.47. The molecule has 0 amide bonds. The molecule has 0 aliphatic heterocycles. The summed E-state index contributed by atoms with van der Waals surface area (Å²) in [6, 6.07) is 6.00. The van der Waals surface area contributed by atoms with Gasteiger partial charge in [0, 0.05) is 19.2 Å². The number of nitrogens with zero attached hydrogens (tertiary/aromatic N) is 2. The first kappa shape index (κ1) is 15.1. The van der Waals surface area contributed by atoms with Crippen LogP contribution in [0.15, 0.2) is 18.2 Å². The third-order valence-electron chi connectivity index (χ3n) is 3.31. The van der Waals surface area contributed by atoms with Crippen LogP contribution in [0.4, 0.5) is 0 Å². The van der Waals surface area contributed by atoms with Gasteiger partial charge in [-0.2, -0.15) is 0 Å². The van der Waals surface area contributed by atoms with Gasteiger partial charge in [0.1, 0.15) is 5.75 Å². The lowest BCUT2D eigenvalue weighted by Crippen LogP contribution is -2.32. The fourth-order valence-electron chi connectivity index (χ4n) is 2.75. The Balaban J connectivity index is 2.43. The van der Waals surface area contributed by atoms with Crippen molar-refractivity contribution in [2.24, 2.45) is 5.41 Å². The molecule has 5 heteroatoms. The fraction of sp³-hybridized carbons (Fsp3) is 0.533. The number of rotatable bonds is 5. The minimum Gasteiger partial charge on any atom is -0.497 e. The molecule has 4 nitrogen and oxygen atoms in total. The molecule has 0 aliphatic rings. The molecule has 0 bridgehead atoms. The zero-order valence-electron chi connectivity index (χ0n) is 12.9. The molecule has 0 atom stereocenters. The summed E-state index contributed by atoms with van der Waals surface area (Å²) in [4.78, 5) is 5.47. The average molecular weight is 293 g/mol. The number of fused-ring (bicyclic) bond motifs is 1. The Morgan fingerprint density at radius 2 is 2.05 bits per heavy atom. The first-order valence-electron chi connectivity index (χ1n) is 6.74. The van der Waals surface area contributed by atoms with Crippen molar-refractivity contribution in [1.82, 2.24) is 14.5 Å². The highest BCUT2D eigenvalue weighted by Crippen LogP contribution is 2.25. The van der Waals surface area contributed by atoms with E-state index < -0.39 is 0 Å². The van der Waals surface area contributed by atoms with Crippen molar-refractivity contribution in [2.45, 2.75) is 20.4 Å². The lowest BCUT2D eigenvalue weighted by molar-refractivity contribution is 0.212. The highest BCUT2D eigenvalue weighted by atomic mass is 32.1. The van der Waals surface area contributed by atoms with E-state index in [2.05, 4.69) is 42.4 Å². The molecule has 0 fully saturated rings. The van der Waals surface area contributed by atoms with Gasteiger partial charge in [-0.15, -0.1) is 0 Å². The van der Waals surface area contributed by atoms with Crippen LogP contribution in [0.3, 0.4) is 0 Å². The Bertz CT molecular complexity index is 655. The van der Waals surface area contributed by atoms with Gasteiger partial charge in [-0.25, -0.2) is 0 Å². The number of methoxy groups -OCH3 is 1. The third-order valence-corrected chi connectivity index (χ3v) is 3.64. The number of H-pyrrole nitrogens is 1. The summed E-state index contributed by atoms with van der Waals surface area (Å²) >= 11 is 5.47. The monoisotopic (exact) mass is 293 g/mol. The Morgan fingerprint density at radius 1 is 1.35 bits per heavy atom. The van der Waals surface area contributed by atoms with Gasteiger partial charge < -0.3 is 19.2 Å². The van der Waals surface area contributed by atoms with Crippen molar-refractivity contribution in [2.75, 3.05) is 27.7 Å². The van der Waals surface area contributed by atoms with Gasteiger partial charge in [-0.05, 0) is 43.9 Å². The van der Waals surface area contributed by atoms with E-state index in [0.717, 1.165) is 34.6 Å². The number of hydrogen-bond acceptors (Lipinski definition) is 3. The van der Waals surface area contributed by atoms with E-state index in [-0.39, 0.29) is 5.41 Å². The number of ether oxygens (including phenoxy) is 1. The summed E-state index contributed by atoms with van der Waals surface area (Å²) < 4.78 is 8.24. The average Bonchev–Trinajstić information content (AvgIpc) is 2.63. The minimum atomic E-state index is 0.139. The van der Waals surface area contributed by atoms with E-state index in [9.17, 15) is 0 Å². The van der Waals surface area contributed by atoms with Crippen LogP contribution in [0.1, 0.15) is 13.8 Å². The van der Waals surface area contributed by atoms with Crippen molar-refractivity contribution >= 4 is 23.3 Å².